The molecular weight excluding hydrogens is 1080 g/mol. The van der Waals surface area contributed by atoms with Gasteiger partial charge in [0.2, 0.25) is 5.69 Å². The molecule has 0 bridgehead atoms. The molecule has 0 saturated carbocycles. The first-order valence-electron chi connectivity index (χ1n) is 25.8. The molecule has 0 atom stereocenters. The van der Waals surface area contributed by atoms with Gasteiger partial charge in [-0.2, -0.15) is 39.5 Å². The molecule has 2 heterocycles. The molecule has 0 amide bonds. The maximum Gasteiger partial charge on any atom is 0.416 e. The van der Waals surface area contributed by atoms with Gasteiger partial charge in [0.15, 0.2) is 22.7 Å². The monoisotopic (exact) mass is 1110 g/mol. The van der Waals surface area contributed by atoms with Crippen LogP contribution in [0.1, 0.15) is 33.4 Å². The van der Waals surface area contributed by atoms with Crippen molar-refractivity contribution in [2.24, 2.45) is 0 Å². The summed E-state index contributed by atoms with van der Waals surface area (Å²) in [5, 5.41) is 52.7. The van der Waals surface area contributed by atoms with Gasteiger partial charge in [0, 0.05) is 55.0 Å². The summed E-state index contributed by atoms with van der Waals surface area (Å²) in [7, 11) is 0. The van der Waals surface area contributed by atoms with Gasteiger partial charge >= 0.3 is 6.18 Å². The molecular formula is C71H29F3N12. The van der Waals surface area contributed by atoms with E-state index in [-0.39, 0.29) is 78.8 Å². The van der Waals surface area contributed by atoms with Gasteiger partial charge in [-0.3, -0.25) is 0 Å². The lowest BCUT2D eigenvalue weighted by atomic mass is 9.96. The predicted octanol–water partition coefficient (Wildman–Crippen LogP) is 19.3. The van der Waals surface area contributed by atoms with Crippen LogP contribution in [0.4, 0.5) is 41.6 Å². The fraction of sp³-hybridized carbons (Fsp3) is 0.0141. The Hall–Kier alpha value is -13.5. The topological polar surface area (TPSA) is 151 Å². The van der Waals surface area contributed by atoms with Gasteiger partial charge in [-0.15, -0.1) is 0 Å². The first-order valence-corrected chi connectivity index (χ1v) is 25.8. The van der Waals surface area contributed by atoms with Gasteiger partial charge < -0.3 is 9.13 Å². The van der Waals surface area contributed by atoms with Crippen molar-refractivity contribution in [2.75, 3.05) is 0 Å². The standard InChI is InChI=1S/C71H29F3N12/c1-80-55-20-41(36-76)14-49(25-55)45-6-10-65-60(29-45)61-30-46(50-15-42(37-77)21-56(26-50)81-2)7-11-66(61)85(65)69-34-64(84-5)70(33-59(69)53-18-40(35-75)19-54(24-53)71(72,73)74)86-67-12-8-47(51-16-43(38-78)22-57(27-51)82-3)31-62(67)63-32-48(9-13-68(63)86)52-17-44(39-79)23-58(28-52)83-4/h6-34H. The highest BCUT2D eigenvalue weighted by molar-refractivity contribution is 6.14. The van der Waals surface area contributed by atoms with Crippen molar-refractivity contribution in [3.05, 3.63) is 266 Å². The minimum atomic E-state index is -4.90. The normalized spacial score (nSPS) is 10.8. The summed E-state index contributed by atoms with van der Waals surface area (Å²) < 4.78 is 49.0. The number of rotatable bonds is 7. The highest BCUT2D eigenvalue weighted by Crippen LogP contribution is 2.47. The Morgan fingerprint density at radius 1 is 0.314 bits per heavy atom. The molecule has 0 fully saturated rings. The summed E-state index contributed by atoms with van der Waals surface area (Å²) in [6.45, 7) is 40.1. The van der Waals surface area contributed by atoms with E-state index in [9.17, 15) is 26.3 Å². The molecule has 12 rings (SSSR count). The Labute approximate surface area is 488 Å². The third-order valence-corrected chi connectivity index (χ3v) is 15.0. The van der Waals surface area contributed by atoms with Gasteiger partial charge in [-0.1, -0.05) is 24.3 Å². The molecule has 2 aromatic heterocycles. The lowest BCUT2D eigenvalue weighted by Gasteiger charge is -2.20. The van der Waals surface area contributed by atoms with E-state index < -0.39 is 11.7 Å². The molecule has 12 aromatic rings. The molecule has 394 valence electrons. The zero-order valence-corrected chi connectivity index (χ0v) is 44.2. The number of hydrogen-bond donors (Lipinski definition) is 0. The van der Waals surface area contributed by atoms with Crippen LogP contribution < -0.4 is 0 Å². The molecule has 15 heteroatoms. The van der Waals surface area contributed by atoms with E-state index in [0.29, 0.717) is 88.1 Å². The van der Waals surface area contributed by atoms with E-state index in [2.05, 4.69) is 48.5 Å². The Balaban J connectivity index is 1.19. The first kappa shape index (κ1) is 53.1. The van der Waals surface area contributed by atoms with Crippen LogP contribution in [0.15, 0.2) is 176 Å². The zero-order chi connectivity index (χ0) is 60.1. The number of nitrogens with zero attached hydrogens (tertiary/aromatic N) is 12. The second-order valence-corrected chi connectivity index (χ2v) is 19.9. The minimum Gasteiger partial charge on any atom is -0.319 e. The summed E-state index contributed by atoms with van der Waals surface area (Å²) in [5.41, 5.74) is 8.20. The molecule has 10 aromatic carbocycles. The third kappa shape index (κ3) is 9.19. The van der Waals surface area contributed by atoms with Gasteiger partial charge in [0.1, 0.15) is 0 Å². The van der Waals surface area contributed by atoms with Crippen LogP contribution in [0.3, 0.4) is 0 Å². The maximum atomic E-state index is 15.1. The number of hydrogen-bond acceptors (Lipinski definition) is 5. The summed E-state index contributed by atoms with van der Waals surface area (Å²) in [6.07, 6.45) is -4.90. The number of aromatic nitrogens is 2. The summed E-state index contributed by atoms with van der Waals surface area (Å²) in [5.74, 6) is 0. The quantitative estimate of drug-likeness (QED) is 0.146. The lowest BCUT2D eigenvalue weighted by Crippen LogP contribution is -2.06. The fourth-order valence-corrected chi connectivity index (χ4v) is 11.2. The van der Waals surface area contributed by atoms with Crippen LogP contribution in [-0.4, -0.2) is 9.13 Å². The summed E-state index contributed by atoms with van der Waals surface area (Å²) >= 11 is 0. The van der Waals surface area contributed by atoms with Gasteiger partial charge in [-0.25, -0.2) is 24.2 Å². The summed E-state index contributed by atoms with van der Waals surface area (Å²) in [4.78, 5) is 18.5. The van der Waals surface area contributed by atoms with Crippen molar-refractivity contribution < 1.29 is 13.2 Å². The SMILES string of the molecule is [C-]#[N+]c1cc(C#N)cc(-c2ccc3c(c2)c2cc(-c4cc(C#N)cc([N+]#[C-])c4)ccc2n3-c2cc(-c3cc(C#N)cc(C(F)(F)F)c3)c(-n3c4ccc(-c5cc(C#N)cc([N+]#[C-])c5)cc4c4cc(-c5cc(C#N)cc([N+]#[C-])c5)ccc43)cc2[N+]#[C-])c1. The number of fused-ring (bicyclic) bond motifs is 6. The first-order chi connectivity index (χ1) is 41.7. The van der Waals surface area contributed by atoms with Gasteiger partial charge in [0.25, 0.3) is 0 Å². The maximum absolute atomic E-state index is 15.1. The third-order valence-electron chi connectivity index (χ3n) is 15.0. The Morgan fingerprint density at radius 3 is 0.930 bits per heavy atom. The van der Waals surface area contributed by atoms with Crippen molar-refractivity contribution in [1.29, 1.82) is 26.3 Å². The molecule has 0 spiro atoms. The van der Waals surface area contributed by atoms with Crippen molar-refractivity contribution in [3.8, 4) is 97.4 Å². The number of benzene rings is 10. The molecule has 0 aliphatic heterocycles. The minimum absolute atomic E-state index is 0.0151. The predicted molar refractivity (Wildman–Crippen MR) is 322 cm³/mol. The van der Waals surface area contributed by atoms with Gasteiger partial charge in [-0.05, 0) is 202 Å². The van der Waals surface area contributed by atoms with Crippen molar-refractivity contribution >= 4 is 72.0 Å². The number of nitriles is 5. The molecule has 0 saturated heterocycles. The molecule has 0 radical (unpaired) electrons. The highest BCUT2D eigenvalue weighted by Gasteiger charge is 2.32. The summed E-state index contributed by atoms with van der Waals surface area (Å²) in [6, 6.07) is 57.9. The van der Waals surface area contributed by atoms with Crippen molar-refractivity contribution in [2.45, 2.75) is 6.18 Å². The molecule has 0 aliphatic rings. The van der Waals surface area contributed by atoms with E-state index in [0.717, 1.165) is 12.1 Å². The second-order valence-electron chi connectivity index (χ2n) is 19.9. The van der Waals surface area contributed by atoms with Crippen LogP contribution in [0.25, 0.3) is 135 Å². The van der Waals surface area contributed by atoms with E-state index >= 15 is 13.2 Å². The van der Waals surface area contributed by atoms with Crippen LogP contribution in [0.5, 0.6) is 0 Å². The van der Waals surface area contributed by atoms with E-state index in [1.54, 1.807) is 97.1 Å². The van der Waals surface area contributed by atoms with E-state index in [4.69, 9.17) is 32.9 Å². The van der Waals surface area contributed by atoms with Crippen LogP contribution in [0, 0.1) is 89.5 Å². The number of halogens is 3. The average Bonchev–Trinajstić information content (AvgIpc) is 1.67. The molecule has 0 N–H and O–H groups in total. The Kier molecular flexibility index (Phi) is 12.9. The lowest BCUT2D eigenvalue weighted by molar-refractivity contribution is -0.137. The van der Waals surface area contributed by atoms with Crippen LogP contribution in [-0.2, 0) is 6.18 Å². The fourth-order valence-electron chi connectivity index (χ4n) is 11.2. The smallest absolute Gasteiger partial charge is 0.319 e. The number of alkyl halides is 3. The molecule has 86 heavy (non-hydrogen) atoms. The zero-order valence-electron chi connectivity index (χ0n) is 44.2. The molecule has 0 aliphatic carbocycles. The molecule has 0 unspecified atom stereocenters. The molecule has 12 nitrogen and oxygen atoms in total. The van der Waals surface area contributed by atoms with Crippen LogP contribution in [0.2, 0.25) is 0 Å². The highest BCUT2D eigenvalue weighted by atomic mass is 19.4. The second kappa shape index (κ2) is 20.9. The average molecular weight is 1110 g/mol. The van der Waals surface area contributed by atoms with E-state index in [1.165, 1.54) is 30.3 Å². The van der Waals surface area contributed by atoms with Crippen LogP contribution >= 0.6 is 0 Å². The van der Waals surface area contributed by atoms with E-state index in [1.807, 2.05) is 51.6 Å². The Bertz CT molecular complexity index is 5100. The Morgan fingerprint density at radius 2 is 0.628 bits per heavy atom. The van der Waals surface area contributed by atoms with Crippen molar-refractivity contribution in [3.63, 3.8) is 0 Å². The van der Waals surface area contributed by atoms with Gasteiger partial charge in [0.05, 0.1) is 102 Å². The van der Waals surface area contributed by atoms with Crippen molar-refractivity contribution in [1.82, 2.24) is 9.13 Å². The largest absolute Gasteiger partial charge is 0.416 e.